The van der Waals surface area contributed by atoms with Crippen molar-refractivity contribution in [3.05, 3.63) is 28.2 Å². The van der Waals surface area contributed by atoms with Crippen LogP contribution in [0.3, 0.4) is 0 Å². The molecule has 0 aromatic heterocycles. The van der Waals surface area contributed by atoms with E-state index in [9.17, 15) is 9.59 Å². The van der Waals surface area contributed by atoms with Crippen LogP contribution in [-0.4, -0.2) is 28.8 Å². The molecule has 5 heteroatoms. The first-order valence-electron chi connectivity index (χ1n) is 6.28. The van der Waals surface area contributed by atoms with Crippen molar-refractivity contribution in [2.75, 3.05) is 5.32 Å². The van der Waals surface area contributed by atoms with Crippen LogP contribution in [0.15, 0.2) is 22.7 Å². The summed E-state index contributed by atoms with van der Waals surface area (Å²) in [6.07, 6.45) is 0.220. The van der Waals surface area contributed by atoms with Gasteiger partial charge in [-0.05, 0) is 54.4 Å². The van der Waals surface area contributed by atoms with Crippen molar-refractivity contribution in [3.8, 4) is 0 Å². The van der Waals surface area contributed by atoms with Gasteiger partial charge in [-0.15, -0.1) is 0 Å². The number of anilines is 1. The summed E-state index contributed by atoms with van der Waals surface area (Å²) in [5.74, 6) is -0.255. The van der Waals surface area contributed by atoms with Gasteiger partial charge in [0.05, 0.1) is 6.42 Å². The van der Waals surface area contributed by atoms with E-state index in [0.29, 0.717) is 0 Å². The second kappa shape index (κ2) is 5.33. The summed E-state index contributed by atoms with van der Waals surface area (Å²) in [7, 11) is 0. The molecule has 1 saturated heterocycles. The molecule has 2 amide bonds. The maximum atomic E-state index is 12.2. The van der Waals surface area contributed by atoms with Crippen LogP contribution >= 0.6 is 15.9 Å². The van der Waals surface area contributed by atoms with Gasteiger partial charge in [0.15, 0.2) is 0 Å². The third-order valence-corrected chi connectivity index (χ3v) is 3.84. The highest BCUT2D eigenvalue weighted by atomic mass is 79.9. The molecule has 1 aromatic carbocycles. The number of hydrogen-bond acceptors (Lipinski definition) is 3. The average molecular weight is 325 g/mol. The van der Waals surface area contributed by atoms with Crippen LogP contribution in [0.25, 0.3) is 0 Å². The fourth-order valence-corrected chi connectivity index (χ4v) is 2.60. The number of carbonyl (C=O) groups excluding carboxylic acids is 2. The number of likely N-dealkylation sites (tertiary alicyclic amines) is 1. The fourth-order valence-electron chi connectivity index (χ4n) is 2.24. The molecule has 1 aliphatic heterocycles. The Morgan fingerprint density at radius 2 is 2.05 bits per heavy atom. The summed E-state index contributed by atoms with van der Waals surface area (Å²) in [5.41, 5.74) is 1.94. The third kappa shape index (κ3) is 2.81. The van der Waals surface area contributed by atoms with Crippen molar-refractivity contribution < 1.29 is 9.59 Å². The first-order chi connectivity index (χ1) is 8.90. The summed E-state index contributed by atoms with van der Waals surface area (Å²) in [6, 6.07) is 5.32. The van der Waals surface area contributed by atoms with Gasteiger partial charge in [0, 0.05) is 16.2 Å². The minimum atomic E-state index is -0.465. The molecule has 0 radical (unpaired) electrons. The molecule has 1 atom stereocenters. The van der Waals surface area contributed by atoms with E-state index in [1.807, 2.05) is 39.0 Å². The molecule has 1 fully saturated rings. The van der Waals surface area contributed by atoms with E-state index < -0.39 is 6.04 Å². The minimum Gasteiger partial charge on any atom is -0.372 e. The molecule has 1 unspecified atom stereocenters. The topological polar surface area (TPSA) is 49.4 Å². The number of carbonyl (C=O) groups is 2. The molecule has 0 saturated carbocycles. The molecular formula is C14H17BrN2O2. The number of aryl methyl sites for hydroxylation is 1. The van der Waals surface area contributed by atoms with E-state index in [1.54, 1.807) is 0 Å². The van der Waals surface area contributed by atoms with E-state index in [4.69, 9.17) is 0 Å². The summed E-state index contributed by atoms with van der Waals surface area (Å²) in [4.78, 5) is 25.4. The Morgan fingerprint density at radius 3 is 2.63 bits per heavy atom. The monoisotopic (exact) mass is 324 g/mol. The van der Waals surface area contributed by atoms with Gasteiger partial charge in [-0.25, -0.2) is 0 Å². The summed E-state index contributed by atoms with van der Waals surface area (Å²) in [6.45, 7) is 5.68. The average Bonchev–Trinajstić information content (AvgIpc) is 2.59. The molecule has 19 heavy (non-hydrogen) atoms. The Kier molecular flexibility index (Phi) is 3.94. The Labute approximate surface area is 121 Å². The molecule has 1 N–H and O–H groups in total. The highest BCUT2D eigenvalue weighted by Crippen LogP contribution is 2.27. The molecule has 0 aliphatic carbocycles. The van der Waals surface area contributed by atoms with Crippen LogP contribution in [0.2, 0.25) is 0 Å². The summed E-state index contributed by atoms with van der Waals surface area (Å²) < 4.78 is 0.890. The minimum absolute atomic E-state index is 0.0900. The van der Waals surface area contributed by atoms with E-state index in [2.05, 4.69) is 21.2 Å². The van der Waals surface area contributed by atoms with Crippen LogP contribution in [0.5, 0.6) is 0 Å². The highest BCUT2D eigenvalue weighted by molar-refractivity contribution is 9.10. The number of hydrogen-bond donors (Lipinski definition) is 1. The van der Waals surface area contributed by atoms with Crippen molar-refractivity contribution in [2.45, 2.75) is 39.3 Å². The molecule has 4 nitrogen and oxygen atoms in total. The number of rotatable bonds is 3. The largest absolute Gasteiger partial charge is 0.372 e. The van der Waals surface area contributed by atoms with Crippen molar-refractivity contribution in [1.82, 2.24) is 4.90 Å². The molecule has 102 valence electrons. The molecule has 1 aromatic rings. The van der Waals surface area contributed by atoms with Crippen molar-refractivity contribution in [3.63, 3.8) is 0 Å². The second-order valence-corrected chi connectivity index (χ2v) is 5.93. The normalized spacial score (nSPS) is 19.4. The zero-order chi connectivity index (χ0) is 14.2. The van der Waals surface area contributed by atoms with Gasteiger partial charge >= 0.3 is 0 Å². The molecule has 1 aliphatic rings. The number of halogens is 1. The first kappa shape index (κ1) is 14.1. The molecule has 2 rings (SSSR count). The van der Waals surface area contributed by atoms with Gasteiger partial charge in [0.1, 0.15) is 6.04 Å². The third-order valence-electron chi connectivity index (χ3n) is 3.15. The Bertz CT molecular complexity index is 528. The predicted octanol–water partition coefficient (Wildman–Crippen LogP) is 2.71. The molecular weight excluding hydrogens is 308 g/mol. The fraction of sp³-hybridized carbons (Fsp3) is 0.429. The highest BCUT2D eigenvalue weighted by Gasteiger charge is 2.39. The lowest BCUT2D eigenvalue weighted by Crippen LogP contribution is -2.39. The van der Waals surface area contributed by atoms with Gasteiger partial charge in [-0.3, -0.25) is 14.5 Å². The maximum Gasteiger partial charge on any atom is 0.252 e. The van der Waals surface area contributed by atoms with Gasteiger partial charge < -0.3 is 5.32 Å². The van der Waals surface area contributed by atoms with Gasteiger partial charge in [-0.2, -0.15) is 0 Å². The van der Waals surface area contributed by atoms with Crippen LogP contribution in [0.1, 0.15) is 25.8 Å². The van der Waals surface area contributed by atoms with Crippen molar-refractivity contribution in [1.29, 1.82) is 0 Å². The number of nitrogens with zero attached hydrogens (tertiary/aromatic N) is 1. The number of nitrogens with one attached hydrogen (secondary N) is 1. The van der Waals surface area contributed by atoms with Crippen molar-refractivity contribution in [2.24, 2.45) is 0 Å². The van der Waals surface area contributed by atoms with Crippen LogP contribution < -0.4 is 5.32 Å². The Morgan fingerprint density at radius 1 is 1.37 bits per heavy atom. The SMILES string of the molecule is Cc1ccc(Br)c(NC2CC(=O)N(C(C)C)C2=O)c1. The van der Waals surface area contributed by atoms with E-state index >= 15 is 0 Å². The van der Waals surface area contributed by atoms with E-state index in [-0.39, 0.29) is 24.3 Å². The quantitative estimate of drug-likeness (QED) is 0.870. The van der Waals surface area contributed by atoms with Gasteiger partial charge in [0.2, 0.25) is 5.91 Å². The number of imide groups is 1. The Hall–Kier alpha value is -1.36. The zero-order valence-corrected chi connectivity index (χ0v) is 12.8. The smallest absolute Gasteiger partial charge is 0.252 e. The summed E-state index contributed by atoms with van der Waals surface area (Å²) >= 11 is 3.44. The second-order valence-electron chi connectivity index (χ2n) is 5.08. The van der Waals surface area contributed by atoms with E-state index in [0.717, 1.165) is 15.7 Å². The van der Waals surface area contributed by atoms with Crippen molar-refractivity contribution >= 4 is 33.4 Å². The van der Waals surface area contributed by atoms with Crippen LogP contribution in [-0.2, 0) is 9.59 Å². The maximum absolute atomic E-state index is 12.2. The molecule has 0 bridgehead atoms. The lowest BCUT2D eigenvalue weighted by molar-refractivity contribution is -0.140. The predicted molar refractivity (Wildman–Crippen MR) is 77.9 cm³/mol. The van der Waals surface area contributed by atoms with Gasteiger partial charge in [-0.1, -0.05) is 6.07 Å². The lowest BCUT2D eigenvalue weighted by Gasteiger charge is -2.19. The molecule has 1 heterocycles. The Balaban J connectivity index is 2.19. The van der Waals surface area contributed by atoms with Crippen LogP contribution in [0.4, 0.5) is 5.69 Å². The lowest BCUT2D eigenvalue weighted by atomic mass is 10.2. The standard InChI is InChI=1S/C14H17BrN2O2/c1-8(2)17-13(18)7-12(14(17)19)16-11-6-9(3)4-5-10(11)15/h4-6,8,12,16H,7H2,1-3H3. The number of benzene rings is 1. The number of amides is 2. The first-order valence-corrected chi connectivity index (χ1v) is 7.08. The van der Waals surface area contributed by atoms with E-state index in [1.165, 1.54) is 4.90 Å². The van der Waals surface area contributed by atoms with Gasteiger partial charge in [0.25, 0.3) is 5.91 Å². The zero-order valence-electron chi connectivity index (χ0n) is 11.2. The molecule has 0 spiro atoms. The van der Waals surface area contributed by atoms with Crippen LogP contribution in [0, 0.1) is 6.92 Å². The summed E-state index contributed by atoms with van der Waals surface area (Å²) in [5, 5.41) is 3.16.